The minimum absolute atomic E-state index is 0.110. The minimum atomic E-state index is -3.47. The molecule has 0 N–H and O–H groups in total. The fraction of sp³-hybridized carbons (Fsp3) is 0.417. The summed E-state index contributed by atoms with van der Waals surface area (Å²) >= 11 is 0. The lowest BCUT2D eigenvalue weighted by Crippen LogP contribution is -2.35. The zero-order valence-electron chi connectivity index (χ0n) is 19.2. The summed E-state index contributed by atoms with van der Waals surface area (Å²) in [6.07, 6.45) is 9.15. The third-order valence-corrected chi connectivity index (χ3v) is 7.30. The zero-order chi connectivity index (χ0) is 23.6. The van der Waals surface area contributed by atoms with Crippen LogP contribution in [-0.4, -0.2) is 68.3 Å². The van der Waals surface area contributed by atoms with Crippen molar-refractivity contribution in [1.82, 2.24) is 19.9 Å². The number of rotatable bonds is 6. The summed E-state index contributed by atoms with van der Waals surface area (Å²) in [4.78, 5) is 17.2. The molecule has 0 radical (unpaired) electrons. The normalized spacial score (nSPS) is 15.2. The van der Waals surface area contributed by atoms with Crippen LogP contribution in [-0.2, 0) is 9.84 Å². The Labute approximate surface area is 194 Å². The molecule has 172 valence electrons. The second kappa shape index (κ2) is 9.41. The monoisotopic (exact) mass is 464 g/mol. The van der Waals surface area contributed by atoms with E-state index in [0.717, 1.165) is 66.6 Å². The van der Waals surface area contributed by atoms with Gasteiger partial charge in [-0.2, -0.15) is 5.26 Å². The number of aromatic nitrogens is 3. The van der Waals surface area contributed by atoms with Crippen LogP contribution in [0.15, 0.2) is 41.7 Å². The molecule has 3 aromatic rings. The van der Waals surface area contributed by atoms with Crippen molar-refractivity contribution >= 4 is 26.4 Å². The van der Waals surface area contributed by atoms with Gasteiger partial charge in [-0.3, -0.25) is 4.98 Å². The first kappa shape index (κ1) is 23.1. The van der Waals surface area contributed by atoms with E-state index in [1.54, 1.807) is 12.4 Å². The summed E-state index contributed by atoms with van der Waals surface area (Å²) in [6, 6.07) is 7.68. The summed E-state index contributed by atoms with van der Waals surface area (Å²) in [7, 11) is 0.713. The first-order chi connectivity index (χ1) is 15.8. The highest BCUT2D eigenvalue weighted by Gasteiger charge is 2.26. The van der Waals surface area contributed by atoms with E-state index in [1.807, 2.05) is 24.3 Å². The van der Waals surface area contributed by atoms with E-state index in [-0.39, 0.29) is 10.7 Å². The highest BCUT2D eigenvalue weighted by molar-refractivity contribution is 7.90. The van der Waals surface area contributed by atoms with E-state index in [9.17, 15) is 8.42 Å². The number of nitrogens with zero attached hydrogens (tertiary/aromatic N) is 6. The Kier molecular flexibility index (Phi) is 6.58. The van der Waals surface area contributed by atoms with Gasteiger partial charge in [-0.25, -0.2) is 18.4 Å². The molecule has 1 aliphatic rings. The Morgan fingerprint density at radius 1 is 1.09 bits per heavy atom. The number of sulfone groups is 1. The lowest BCUT2D eigenvalue weighted by Gasteiger charge is -2.35. The second-order valence-electron chi connectivity index (χ2n) is 8.90. The number of pyridine rings is 1. The molecule has 0 atom stereocenters. The van der Waals surface area contributed by atoms with Crippen molar-refractivity contribution in [3.8, 4) is 17.2 Å². The van der Waals surface area contributed by atoms with Gasteiger partial charge in [0.05, 0.1) is 11.2 Å². The maximum atomic E-state index is 12.7. The van der Waals surface area contributed by atoms with E-state index in [4.69, 9.17) is 5.26 Å². The minimum Gasteiger partial charge on any atom is -0.370 e. The lowest BCUT2D eigenvalue weighted by molar-refractivity contribution is 0.313. The van der Waals surface area contributed by atoms with Gasteiger partial charge in [0.1, 0.15) is 11.0 Å². The Balaban J connectivity index is 1.75. The largest absolute Gasteiger partial charge is 0.370 e. The SMILES string of the molecule is CN(C)CCC1CCN(c2c(S(C)(=O)=O)cnc3ccc(-c4cnc(C#N)nc4)cc23)CC1. The average molecular weight is 465 g/mol. The van der Waals surface area contributed by atoms with Crippen LogP contribution in [0.4, 0.5) is 5.69 Å². The van der Waals surface area contributed by atoms with E-state index in [0.29, 0.717) is 5.92 Å². The highest BCUT2D eigenvalue weighted by Crippen LogP contribution is 2.37. The van der Waals surface area contributed by atoms with Crippen LogP contribution >= 0.6 is 0 Å². The van der Waals surface area contributed by atoms with Crippen molar-refractivity contribution in [3.05, 3.63) is 42.6 Å². The number of fused-ring (bicyclic) bond motifs is 1. The number of piperidine rings is 1. The molecule has 0 saturated carbocycles. The van der Waals surface area contributed by atoms with Crippen molar-refractivity contribution in [1.29, 1.82) is 5.26 Å². The van der Waals surface area contributed by atoms with Crippen molar-refractivity contribution < 1.29 is 8.42 Å². The number of hydrogen-bond donors (Lipinski definition) is 0. The summed E-state index contributed by atoms with van der Waals surface area (Å²) in [5.41, 5.74) is 3.07. The maximum Gasteiger partial charge on any atom is 0.232 e. The average Bonchev–Trinajstić information content (AvgIpc) is 2.81. The molecule has 0 aliphatic carbocycles. The van der Waals surface area contributed by atoms with Crippen LogP contribution < -0.4 is 4.90 Å². The number of nitriles is 1. The molecule has 1 saturated heterocycles. The summed E-state index contributed by atoms with van der Waals surface area (Å²) in [5, 5.41) is 9.76. The number of benzene rings is 1. The molecule has 9 heteroatoms. The molecule has 3 heterocycles. The van der Waals surface area contributed by atoms with Gasteiger partial charge in [0.15, 0.2) is 9.84 Å². The lowest BCUT2D eigenvalue weighted by atomic mass is 9.92. The topological polar surface area (TPSA) is 103 Å². The molecule has 33 heavy (non-hydrogen) atoms. The fourth-order valence-electron chi connectivity index (χ4n) is 4.36. The second-order valence-corrected chi connectivity index (χ2v) is 10.9. The zero-order valence-corrected chi connectivity index (χ0v) is 20.0. The molecule has 0 amide bonds. The molecule has 0 bridgehead atoms. The van der Waals surface area contributed by atoms with Gasteiger partial charge in [0, 0.05) is 48.9 Å². The van der Waals surface area contributed by atoms with Crippen LogP contribution in [0.5, 0.6) is 0 Å². The summed E-state index contributed by atoms with van der Waals surface area (Å²) in [5.74, 6) is 0.753. The molecule has 1 aliphatic heterocycles. The van der Waals surface area contributed by atoms with Crippen LogP contribution in [0.3, 0.4) is 0 Å². The molecule has 1 aromatic carbocycles. The quantitative estimate of drug-likeness (QED) is 0.548. The molecule has 4 rings (SSSR count). The third-order valence-electron chi connectivity index (χ3n) is 6.21. The third kappa shape index (κ3) is 5.13. The van der Waals surface area contributed by atoms with E-state index in [2.05, 4.69) is 38.8 Å². The van der Waals surface area contributed by atoms with Crippen LogP contribution in [0, 0.1) is 17.2 Å². The molecule has 1 fully saturated rings. The van der Waals surface area contributed by atoms with E-state index in [1.165, 1.54) is 12.5 Å². The molecule has 0 unspecified atom stereocenters. The molecule has 2 aromatic heterocycles. The molecular formula is C24H28N6O2S. The predicted octanol–water partition coefficient (Wildman–Crippen LogP) is 3.14. The standard InChI is InChI=1S/C24H28N6O2S/c1-29(2)9-6-17-7-10-30(11-8-17)24-20-12-18(19-14-27-23(13-25)28-15-19)4-5-21(20)26-16-22(24)33(3,31)32/h4-5,12,14-17H,6-11H2,1-3H3. The van der Waals surface area contributed by atoms with Crippen molar-refractivity contribution in [2.24, 2.45) is 5.92 Å². The first-order valence-corrected chi connectivity index (χ1v) is 12.9. The van der Waals surface area contributed by atoms with Gasteiger partial charge < -0.3 is 9.80 Å². The maximum absolute atomic E-state index is 12.7. The predicted molar refractivity (Wildman–Crippen MR) is 129 cm³/mol. The van der Waals surface area contributed by atoms with Crippen molar-refractivity contribution in [2.45, 2.75) is 24.2 Å². The van der Waals surface area contributed by atoms with Gasteiger partial charge in [0.2, 0.25) is 5.82 Å². The molecule has 0 spiro atoms. The van der Waals surface area contributed by atoms with Crippen LogP contribution in [0.25, 0.3) is 22.0 Å². The van der Waals surface area contributed by atoms with Gasteiger partial charge >= 0.3 is 0 Å². The van der Waals surface area contributed by atoms with Gasteiger partial charge in [0.25, 0.3) is 0 Å². The number of hydrogen-bond acceptors (Lipinski definition) is 8. The van der Waals surface area contributed by atoms with Crippen LogP contribution in [0.2, 0.25) is 0 Å². The molecule has 8 nitrogen and oxygen atoms in total. The smallest absolute Gasteiger partial charge is 0.232 e. The van der Waals surface area contributed by atoms with E-state index < -0.39 is 9.84 Å². The Morgan fingerprint density at radius 3 is 2.39 bits per heavy atom. The Bertz CT molecular complexity index is 1290. The first-order valence-electron chi connectivity index (χ1n) is 11.0. The Hall–Kier alpha value is -3.09. The van der Waals surface area contributed by atoms with Crippen molar-refractivity contribution in [3.63, 3.8) is 0 Å². The van der Waals surface area contributed by atoms with Crippen LogP contribution in [0.1, 0.15) is 25.1 Å². The number of anilines is 1. The highest BCUT2D eigenvalue weighted by atomic mass is 32.2. The van der Waals surface area contributed by atoms with Gasteiger partial charge in [-0.05, 0) is 63.5 Å². The summed E-state index contributed by atoms with van der Waals surface area (Å²) < 4.78 is 25.4. The van der Waals surface area contributed by atoms with Gasteiger partial charge in [-0.15, -0.1) is 0 Å². The Morgan fingerprint density at radius 2 is 1.79 bits per heavy atom. The van der Waals surface area contributed by atoms with E-state index >= 15 is 0 Å². The molecular weight excluding hydrogens is 436 g/mol. The fourth-order valence-corrected chi connectivity index (χ4v) is 5.19. The van der Waals surface area contributed by atoms with Crippen molar-refractivity contribution in [2.75, 3.05) is 44.9 Å². The summed E-state index contributed by atoms with van der Waals surface area (Å²) in [6.45, 7) is 2.68. The van der Waals surface area contributed by atoms with Gasteiger partial charge in [-0.1, -0.05) is 6.07 Å².